The fraction of sp³-hybridized carbons (Fsp3) is 0.364. The van der Waals surface area contributed by atoms with Crippen LogP contribution in [0.25, 0.3) is 0 Å². The molecule has 1 aromatic rings. The Morgan fingerprint density at radius 2 is 1.58 bits per heavy atom. The van der Waals surface area contributed by atoms with Gasteiger partial charge in [-0.05, 0) is 11.0 Å². The summed E-state index contributed by atoms with van der Waals surface area (Å²) in [4.78, 5) is 10.2. The summed E-state index contributed by atoms with van der Waals surface area (Å²) in [5.41, 5.74) is 2.01. The zero-order valence-corrected chi connectivity index (χ0v) is 7.72. The van der Waals surface area contributed by atoms with E-state index in [4.69, 9.17) is 0 Å². The van der Waals surface area contributed by atoms with Crippen LogP contribution in [-0.2, 0) is 10.2 Å². The predicted octanol–water partition coefficient (Wildman–Crippen LogP) is 2.44. The lowest BCUT2D eigenvalue weighted by molar-refractivity contribution is 0.562. The molecule has 0 aliphatic rings. The highest BCUT2D eigenvalue weighted by atomic mass is 16.1. The molecule has 1 radical (unpaired) electrons. The van der Waals surface area contributed by atoms with E-state index < -0.39 is 0 Å². The fourth-order valence-corrected chi connectivity index (χ4v) is 1.04. The summed E-state index contributed by atoms with van der Waals surface area (Å²) >= 11 is 0. The van der Waals surface area contributed by atoms with Crippen LogP contribution in [0, 0.1) is 0 Å². The molecular weight excluding hydrogens is 148 g/mol. The van der Waals surface area contributed by atoms with Gasteiger partial charge in [-0.15, -0.1) is 0 Å². The molecule has 0 aliphatic heterocycles. The first kappa shape index (κ1) is 8.98. The standard InChI is InChI=1S/C11H13O/c1-11(2,3)10-6-4-9(8-12)5-7-10/h4-7H,1-3H3. The van der Waals surface area contributed by atoms with E-state index in [-0.39, 0.29) is 5.41 Å². The van der Waals surface area contributed by atoms with Gasteiger partial charge in [0, 0.05) is 5.56 Å². The van der Waals surface area contributed by atoms with Crippen molar-refractivity contribution in [1.29, 1.82) is 0 Å². The third kappa shape index (κ3) is 1.94. The summed E-state index contributed by atoms with van der Waals surface area (Å²) in [5, 5.41) is 0. The van der Waals surface area contributed by atoms with E-state index in [9.17, 15) is 4.79 Å². The number of hydrogen-bond donors (Lipinski definition) is 0. The molecule has 0 fully saturated rings. The molecule has 1 aromatic carbocycles. The van der Waals surface area contributed by atoms with Crippen molar-refractivity contribution in [3.05, 3.63) is 35.4 Å². The molecule has 0 bridgehead atoms. The topological polar surface area (TPSA) is 17.1 Å². The third-order valence-electron chi connectivity index (χ3n) is 1.87. The van der Waals surface area contributed by atoms with Gasteiger partial charge in [0.1, 0.15) is 0 Å². The van der Waals surface area contributed by atoms with Crippen LogP contribution in [0.2, 0.25) is 0 Å². The highest BCUT2D eigenvalue weighted by Gasteiger charge is 2.12. The van der Waals surface area contributed by atoms with Gasteiger partial charge in [0.25, 0.3) is 0 Å². The van der Waals surface area contributed by atoms with Crippen molar-refractivity contribution in [1.82, 2.24) is 0 Å². The molecule has 0 heterocycles. The van der Waals surface area contributed by atoms with Gasteiger partial charge >= 0.3 is 0 Å². The highest BCUT2D eigenvalue weighted by molar-refractivity contribution is 5.75. The van der Waals surface area contributed by atoms with E-state index in [0.29, 0.717) is 5.56 Å². The number of carbonyl (C=O) groups excluding carboxylic acids is 1. The predicted molar refractivity (Wildman–Crippen MR) is 49.9 cm³/mol. The average Bonchev–Trinajstić information content (AvgIpc) is 2.03. The third-order valence-corrected chi connectivity index (χ3v) is 1.87. The maximum Gasteiger partial charge on any atom is 0.233 e. The fourth-order valence-electron chi connectivity index (χ4n) is 1.04. The van der Waals surface area contributed by atoms with Crippen molar-refractivity contribution < 1.29 is 4.79 Å². The van der Waals surface area contributed by atoms with Crippen molar-refractivity contribution in [3.8, 4) is 0 Å². The second kappa shape index (κ2) is 3.10. The minimum absolute atomic E-state index is 0.154. The zero-order valence-electron chi connectivity index (χ0n) is 7.72. The average molecular weight is 161 g/mol. The summed E-state index contributed by atoms with van der Waals surface area (Å²) in [7, 11) is 0. The van der Waals surface area contributed by atoms with E-state index in [1.165, 1.54) is 5.56 Å². The van der Waals surface area contributed by atoms with Gasteiger partial charge in [0.2, 0.25) is 6.29 Å². The van der Waals surface area contributed by atoms with Gasteiger partial charge < -0.3 is 0 Å². The molecule has 0 saturated carbocycles. The van der Waals surface area contributed by atoms with Gasteiger partial charge in [-0.1, -0.05) is 45.0 Å². The smallest absolute Gasteiger partial charge is 0.233 e. The van der Waals surface area contributed by atoms with Crippen LogP contribution < -0.4 is 0 Å². The molecule has 0 aliphatic carbocycles. The molecule has 0 unspecified atom stereocenters. The van der Waals surface area contributed by atoms with Gasteiger partial charge in [-0.3, -0.25) is 4.79 Å². The number of hydrogen-bond acceptors (Lipinski definition) is 1. The summed E-state index contributed by atoms with van der Waals surface area (Å²) in [6.07, 6.45) is 1.86. The monoisotopic (exact) mass is 161 g/mol. The van der Waals surface area contributed by atoms with Crippen molar-refractivity contribution in [3.63, 3.8) is 0 Å². The Labute approximate surface area is 73.4 Å². The Bertz CT molecular complexity index is 264. The molecule has 12 heavy (non-hydrogen) atoms. The molecule has 0 amide bonds. The van der Waals surface area contributed by atoms with Crippen LogP contribution in [0.1, 0.15) is 31.9 Å². The molecule has 1 nitrogen and oxygen atoms in total. The van der Waals surface area contributed by atoms with E-state index in [1.807, 2.05) is 18.4 Å². The maximum atomic E-state index is 10.2. The SMILES string of the molecule is CC(C)(C)c1ccc([C]=O)cc1. The summed E-state index contributed by atoms with van der Waals surface area (Å²) in [6.45, 7) is 6.44. The van der Waals surface area contributed by atoms with Crippen LogP contribution in [0.5, 0.6) is 0 Å². The zero-order chi connectivity index (χ0) is 9.19. The largest absolute Gasteiger partial charge is 0.285 e. The molecule has 0 atom stereocenters. The molecule has 1 rings (SSSR count). The molecule has 1 heteroatoms. The molecular formula is C11H13O. The second-order valence-electron chi connectivity index (χ2n) is 3.93. The number of benzene rings is 1. The number of rotatable bonds is 1. The van der Waals surface area contributed by atoms with Crippen molar-refractivity contribution >= 4 is 6.29 Å². The quantitative estimate of drug-likeness (QED) is 0.618. The summed E-state index contributed by atoms with van der Waals surface area (Å²) in [5.74, 6) is 0. The van der Waals surface area contributed by atoms with Crippen LogP contribution in [0.4, 0.5) is 0 Å². The Hall–Kier alpha value is -1.11. The van der Waals surface area contributed by atoms with Crippen LogP contribution in [0.15, 0.2) is 24.3 Å². The Morgan fingerprint density at radius 1 is 1.08 bits per heavy atom. The Kier molecular flexibility index (Phi) is 2.32. The minimum atomic E-state index is 0.154. The van der Waals surface area contributed by atoms with Crippen molar-refractivity contribution in [2.24, 2.45) is 0 Å². The highest BCUT2D eigenvalue weighted by Crippen LogP contribution is 2.21. The van der Waals surface area contributed by atoms with Crippen molar-refractivity contribution in [2.45, 2.75) is 26.2 Å². The molecule has 0 spiro atoms. The first-order valence-electron chi connectivity index (χ1n) is 4.03. The summed E-state index contributed by atoms with van der Waals surface area (Å²) < 4.78 is 0. The maximum absolute atomic E-state index is 10.2. The Balaban J connectivity index is 3.00. The molecule has 0 aromatic heterocycles. The Morgan fingerprint density at radius 3 is 1.92 bits per heavy atom. The van der Waals surface area contributed by atoms with Crippen LogP contribution >= 0.6 is 0 Å². The molecule has 63 valence electrons. The first-order chi connectivity index (χ1) is 5.54. The second-order valence-corrected chi connectivity index (χ2v) is 3.93. The minimum Gasteiger partial charge on any atom is -0.285 e. The van der Waals surface area contributed by atoms with Gasteiger partial charge in [-0.25, -0.2) is 0 Å². The lowest BCUT2D eigenvalue weighted by Crippen LogP contribution is -2.10. The van der Waals surface area contributed by atoms with Gasteiger partial charge in [0.15, 0.2) is 0 Å². The summed E-state index contributed by atoms with van der Waals surface area (Å²) in [6, 6.07) is 7.54. The van der Waals surface area contributed by atoms with Gasteiger partial charge in [-0.2, -0.15) is 0 Å². The lowest BCUT2D eigenvalue weighted by Gasteiger charge is -2.18. The molecule has 0 N–H and O–H groups in total. The molecule has 0 saturated heterocycles. The van der Waals surface area contributed by atoms with E-state index >= 15 is 0 Å². The van der Waals surface area contributed by atoms with E-state index in [2.05, 4.69) is 20.8 Å². The van der Waals surface area contributed by atoms with Gasteiger partial charge in [0.05, 0.1) is 0 Å². The van der Waals surface area contributed by atoms with E-state index in [1.54, 1.807) is 12.1 Å². The lowest BCUT2D eigenvalue weighted by atomic mass is 9.87. The normalized spacial score (nSPS) is 11.2. The van der Waals surface area contributed by atoms with Crippen LogP contribution in [0.3, 0.4) is 0 Å². The first-order valence-corrected chi connectivity index (χ1v) is 4.03. The van der Waals surface area contributed by atoms with E-state index in [0.717, 1.165) is 0 Å². The van der Waals surface area contributed by atoms with Crippen molar-refractivity contribution in [2.75, 3.05) is 0 Å². The van der Waals surface area contributed by atoms with Crippen LogP contribution in [-0.4, -0.2) is 6.29 Å².